The summed E-state index contributed by atoms with van der Waals surface area (Å²) in [5, 5.41) is 19.9. The zero-order valence-electron chi connectivity index (χ0n) is 10.9. The molecular weight excluding hydrogens is 264 g/mol. The van der Waals surface area contributed by atoms with Crippen LogP contribution in [0.2, 0.25) is 0 Å². The van der Waals surface area contributed by atoms with E-state index >= 15 is 0 Å². The van der Waals surface area contributed by atoms with E-state index in [9.17, 15) is 18.6 Å². The summed E-state index contributed by atoms with van der Waals surface area (Å²) in [5.74, 6) is -0.895. The summed E-state index contributed by atoms with van der Waals surface area (Å²) in [5.41, 5.74) is 0. The molecule has 4 nitrogen and oxygen atoms in total. The first-order chi connectivity index (χ1) is 8.85. The van der Waals surface area contributed by atoms with Crippen molar-refractivity contribution in [3.05, 3.63) is 41.3 Å². The molecular formula is C14H18O4S. The van der Waals surface area contributed by atoms with Crippen molar-refractivity contribution >= 4 is 9.84 Å². The van der Waals surface area contributed by atoms with Crippen LogP contribution in [0.4, 0.5) is 0 Å². The van der Waals surface area contributed by atoms with Crippen LogP contribution in [0.15, 0.2) is 46.2 Å². The predicted molar refractivity (Wildman–Crippen MR) is 72.1 cm³/mol. The van der Waals surface area contributed by atoms with E-state index in [2.05, 4.69) is 0 Å². The smallest absolute Gasteiger partial charge is 0.202 e. The van der Waals surface area contributed by atoms with E-state index in [0.717, 1.165) is 0 Å². The molecule has 0 saturated heterocycles. The van der Waals surface area contributed by atoms with Crippen molar-refractivity contribution in [1.82, 2.24) is 0 Å². The summed E-state index contributed by atoms with van der Waals surface area (Å²) in [4.78, 5) is 0.277. The van der Waals surface area contributed by atoms with E-state index in [1.54, 1.807) is 32.0 Å². The highest BCUT2D eigenvalue weighted by molar-refractivity contribution is 7.95. The lowest BCUT2D eigenvalue weighted by Gasteiger charge is -2.33. The lowest BCUT2D eigenvalue weighted by molar-refractivity contribution is 0.0123. The highest BCUT2D eigenvalue weighted by Gasteiger charge is 2.38. The zero-order chi connectivity index (χ0) is 14.2. The van der Waals surface area contributed by atoms with Crippen LogP contribution < -0.4 is 0 Å². The van der Waals surface area contributed by atoms with Gasteiger partial charge in [-0.15, -0.1) is 0 Å². The molecule has 0 saturated carbocycles. The molecule has 5 heteroatoms. The van der Waals surface area contributed by atoms with E-state index in [1.165, 1.54) is 18.2 Å². The van der Waals surface area contributed by atoms with Crippen LogP contribution in [-0.4, -0.2) is 30.8 Å². The first-order valence-electron chi connectivity index (χ1n) is 6.23. The molecule has 0 radical (unpaired) electrons. The van der Waals surface area contributed by atoms with Gasteiger partial charge in [-0.05, 0) is 18.2 Å². The van der Waals surface area contributed by atoms with Crippen LogP contribution in [0.5, 0.6) is 0 Å². The third kappa shape index (κ3) is 2.45. The molecule has 1 aliphatic carbocycles. The molecule has 0 aliphatic heterocycles. The maximum Gasteiger partial charge on any atom is 0.202 e. The Balaban J connectivity index is 2.49. The van der Waals surface area contributed by atoms with E-state index < -0.39 is 28.0 Å². The Morgan fingerprint density at radius 3 is 2.21 bits per heavy atom. The minimum atomic E-state index is -3.66. The normalized spacial score (nSPS) is 31.9. The first-order valence-corrected chi connectivity index (χ1v) is 7.72. The maximum atomic E-state index is 12.5. The van der Waals surface area contributed by atoms with Gasteiger partial charge in [0.15, 0.2) is 0 Å². The van der Waals surface area contributed by atoms with Crippen molar-refractivity contribution in [1.29, 1.82) is 0 Å². The molecule has 104 valence electrons. The molecule has 2 N–H and O–H groups in total. The molecule has 1 aliphatic rings. The summed E-state index contributed by atoms with van der Waals surface area (Å²) in [7, 11) is -3.66. The Morgan fingerprint density at radius 1 is 1.05 bits per heavy atom. The van der Waals surface area contributed by atoms with Crippen LogP contribution in [0, 0.1) is 11.8 Å². The fourth-order valence-corrected chi connectivity index (χ4v) is 4.10. The summed E-state index contributed by atoms with van der Waals surface area (Å²) >= 11 is 0. The molecule has 1 unspecified atom stereocenters. The standard InChI is InChI=1S/C14H18O4S/c1-9-12(15)8-13(10(2)14(9)16)19(17,18)11-6-4-3-5-7-11/h3-10,12,14-16H,1-2H3/t9-,10-,12?,14-/m0/s1. The quantitative estimate of drug-likeness (QED) is 0.858. The average Bonchev–Trinajstić information content (AvgIpc) is 2.41. The number of hydrogen-bond acceptors (Lipinski definition) is 4. The number of aliphatic hydroxyl groups excluding tert-OH is 2. The van der Waals surface area contributed by atoms with Gasteiger partial charge in [0.25, 0.3) is 0 Å². The fraction of sp³-hybridized carbons (Fsp3) is 0.429. The molecule has 0 amide bonds. The van der Waals surface area contributed by atoms with Gasteiger partial charge in [-0.2, -0.15) is 0 Å². The van der Waals surface area contributed by atoms with Crippen molar-refractivity contribution in [3.8, 4) is 0 Å². The van der Waals surface area contributed by atoms with Gasteiger partial charge in [0.2, 0.25) is 9.84 Å². The van der Waals surface area contributed by atoms with Crippen LogP contribution >= 0.6 is 0 Å². The topological polar surface area (TPSA) is 74.6 Å². The van der Waals surface area contributed by atoms with Crippen molar-refractivity contribution < 1.29 is 18.6 Å². The van der Waals surface area contributed by atoms with Crippen LogP contribution in [0.3, 0.4) is 0 Å². The van der Waals surface area contributed by atoms with Crippen LogP contribution in [-0.2, 0) is 9.84 Å². The Bertz CT molecular complexity index is 577. The monoisotopic (exact) mass is 282 g/mol. The fourth-order valence-electron chi connectivity index (χ4n) is 2.37. The molecule has 1 aromatic rings. The van der Waals surface area contributed by atoms with Gasteiger partial charge >= 0.3 is 0 Å². The zero-order valence-corrected chi connectivity index (χ0v) is 11.7. The van der Waals surface area contributed by atoms with Gasteiger partial charge in [0.1, 0.15) is 0 Å². The van der Waals surface area contributed by atoms with Gasteiger partial charge in [0.05, 0.1) is 22.0 Å². The lowest BCUT2D eigenvalue weighted by Crippen LogP contribution is -2.40. The molecule has 1 aromatic carbocycles. The van der Waals surface area contributed by atoms with Gasteiger partial charge < -0.3 is 10.2 Å². The van der Waals surface area contributed by atoms with Crippen molar-refractivity contribution in [2.24, 2.45) is 11.8 Å². The largest absolute Gasteiger partial charge is 0.392 e. The van der Waals surface area contributed by atoms with Gasteiger partial charge in [-0.3, -0.25) is 0 Å². The second-order valence-electron chi connectivity index (χ2n) is 5.01. The summed E-state index contributed by atoms with van der Waals surface area (Å²) in [6.45, 7) is 3.37. The van der Waals surface area contributed by atoms with E-state index in [-0.39, 0.29) is 15.7 Å². The maximum absolute atomic E-state index is 12.5. The minimum Gasteiger partial charge on any atom is -0.392 e. The van der Waals surface area contributed by atoms with Crippen LogP contribution in [0.25, 0.3) is 0 Å². The summed E-state index contributed by atoms with van der Waals surface area (Å²) in [6, 6.07) is 8.07. The third-order valence-electron chi connectivity index (χ3n) is 3.74. The Morgan fingerprint density at radius 2 is 1.63 bits per heavy atom. The second-order valence-corrected chi connectivity index (χ2v) is 6.96. The number of rotatable bonds is 2. The molecule has 2 rings (SSSR count). The highest BCUT2D eigenvalue weighted by Crippen LogP contribution is 2.35. The lowest BCUT2D eigenvalue weighted by atomic mass is 9.84. The van der Waals surface area contributed by atoms with Crippen LogP contribution in [0.1, 0.15) is 13.8 Å². The van der Waals surface area contributed by atoms with Gasteiger partial charge in [0, 0.05) is 11.8 Å². The molecule has 0 spiro atoms. The molecule has 0 bridgehead atoms. The molecule has 0 aromatic heterocycles. The van der Waals surface area contributed by atoms with E-state index in [4.69, 9.17) is 0 Å². The Labute approximate surface area is 113 Å². The molecule has 19 heavy (non-hydrogen) atoms. The van der Waals surface area contributed by atoms with Gasteiger partial charge in [-0.1, -0.05) is 32.0 Å². The summed E-state index contributed by atoms with van der Waals surface area (Å²) in [6.07, 6.45) is -0.460. The first kappa shape index (κ1) is 14.2. The second kappa shape index (κ2) is 5.07. The number of benzene rings is 1. The Kier molecular flexibility index (Phi) is 3.80. The summed E-state index contributed by atoms with van der Waals surface area (Å²) < 4.78 is 25.0. The SMILES string of the molecule is C[C@H]1C(S(=O)(=O)c2ccccc2)=CC(O)[C@H](C)[C@@H]1O. The third-order valence-corrected chi connectivity index (χ3v) is 5.76. The predicted octanol–water partition coefficient (Wildman–Crippen LogP) is 1.35. The van der Waals surface area contributed by atoms with E-state index in [0.29, 0.717) is 0 Å². The highest BCUT2D eigenvalue weighted by atomic mass is 32.2. The minimum absolute atomic E-state index is 0.0943. The van der Waals surface area contributed by atoms with Crippen molar-refractivity contribution in [3.63, 3.8) is 0 Å². The van der Waals surface area contributed by atoms with Crippen molar-refractivity contribution in [2.45, 2.75) is 31.0 Å². The van der Waals surface area contributed by atoms with Gasteiger partial charge in [-0.25, -0.2) is 8.42 Å². The molecule has 0 fully saturated rings. The molecule has 0 heterocycles. The van der Waals surface area contributed by atoms with Crippen molar-refractivity contribution in [2.75, 3.05) is 0 Å². The molecule has 4 atom stereocenters. The average molecular weight is 282 g/mol. The van der Waals surface area contributed by atoms with E-state index in [1.807, 2.05) is 0 Å². The number of hydrogen-bond donors (Lipinski definition) is 2. The Hall–Kier alpha value is -1.17. The number of sulfone groups is 1. The number of aliphatic hydroxyl groups is 2.